The lowest BCUT2D eigenvalue weighted by molar-refractivity contribution is 0.306. The van der Waals surface area contributed by atoms with E-state index in [1.807, 2.05) is 48.5 Å². The lowest BCUT2D eigenvalue weighted by Crippen LogP contribution is -2.06. The Morgan fingerprint density at radius 3 is 2.38 bits per heavy atom. The molecular formula is C21H18ClIN2O. The van der Waals surface area contributed by atoms with Crippen molar-refractivity contribution in [1.82, 2.24) is 5.43 Å². The monoisotopic (exact) mass is 476 g/mol. The van der Waals surface area contributed by atoms with E-state index in [1.54, 1.807) is 6.21 Å². The molecule has 0 unspecified atom stereocenters. The highest BCUT2D eigenvalue weighted by Crippen LogP contribution is 2.18. The number of ether oxygens (including phenoxy) is 1. The van der Waals surface area contributed by atoms with Crippen LogP contribution in [0.1, 0.15) is 16.7 Å². The van der Waals surface area contributed by atoms with Gasteiger partial charge in [-0.3, -0.25) is 0 Å². The van der Waals surface area contributed by atoms with Crippen molar-refractivity contribution >= 4 is 40.4 Å². The van der Waals surface area contributed by atoms with Crippen LogP contribution in [0.5, 0.6) is 5.75 Å². The number of halogens is 2. The second-order valence-electron chi connectivity index (χ2n) is 5.67. The summed E-state index contributed by atoms with van der Waals surface area (Å²) in [5.41, 5.74) is 6.24. The van der Waals surface area contributed by atoms with E-state index in [0.29, 0.717) is 13.2 Å². The quantitative estimate of drug-likeness (QED) is 0.272. The predicted octanol–water partition coefficient (Wildman–Crippen LogP) is 5.65. The molecule has 0 atom stereocenters. The Kier molecular flexibility index (Phi) is 6.91. The average Bonchev–Trinajstić information content (AvgIpc) is 2.67. The molecule has 0 saturated carbocycles. The molecule has 5 heteroatoms. The maximum Gasteiger partial charge on any atom is 0.128 e. The molecule has 0 radical (unpaired) electrons. The number of nitrogens with zero attached hydrogens (tertiary/aromatic N) is 1. The summed E-state index contributed by atoms with van der Waals surface area (Å²) in [6.07, 6.45) is 1.78. The molecule has 0 saturated heterocycles. The van der Waals surface area contributed by atoms with Crippen LogP contribution in [0.2, 0.25) is 5.02 Å². The molecule has 1 N–H and O–H groups in total. The van der Waals surface area contributed by atoms with Gasteiger partial charge in [-0.1, -0.05) is 48.0 Å². The largest absolute Gasteiger partial charge is 0.488 e. The van der Waals surface area contributed by atoms with Crippen LogP contribution in [0, 0.1) is 3.57 Å². The fourth-order valence-electron chi connectivity index (χ4n) is 2.31. The average molecular weight is 477 g/mol. The molecule has 3 nitrogen and oxygen atoms in total. The predicted molar refractivity (Wildman–Crippen MR) is 116 cm³/mol. The number of hydrogen-bond acceptors (Lipinski definition) is 3. The summed E-state index contributed by atoms with van der Waals surface area (Å²) < 4.78 is 7.17. The zero-order chi connectivity index (χ0) is 18.2. The molecule has 0 amide bonds. The first-order valence-corrected chi connectivity index (χ1v) is 9.63. The van der Waals surface area contributed by atoms with Gasteiger partial charge in [0.25, 0.3) is 0 Å². The molecule has 132 valence electrons. The fraction of sp³-hybridized carbons (Fsp3) is 0.0952. The fourth-order valence-corrected chi connectivity index (χ4v) is 2.80. The van der Waals surface area contributed by atoms with E-state index in [4.69, 9.17) is 16.3 Å². The molecule has 3 aromatic rings. The van der Waals surface area contributed by atoms with E-state index < -0.39 is 0 Å². The van der Waals surface area contributed by atoms with Gasteiger partial charge in [0.05, 0.1) is 12.8 Å². The van der Waals surface area contributed by atoms with E-state index in [-0.39, 0.29) is 0 Å². The van der Waals surface area contributed by atoms with Gasteiger partial charge in [-0.2, -0.15) is 5.10 Å². The number of para-hydroxylation sites is 1. The van der Waals surface area contributed by atoms with Crippen molar-refractivity contribution in [1.29, 1.82) is 0 Å². The second kappa shape index (κ2) is 9.59. The van der Waals surface area contributed by atoms with Crippen molar-refractivity contribution in [3.63, 3.8) is 0 Å². The maximum atomic E-state index is 5.96. The smallest absolute Gasteiger partial charge is 0.128 e. The van der Waals surface area contributed by atoms with Crippen LogP contribution in [-0.2, 0) is 13.2 Å². The Balaban J connectivity index is 1.57. The Bertz CT molecular complexity index is 864. The molecule has 0 aliphatic heterocycles. The molecule has 26 heavy (non-hydrogen) atoms. The number of benzene rings is 3. The van der Waals surface area contributed by atoms with E-state index >= 15 is 0 Å². The van der Waals surface area contributed by atoms with Gasteiger partial charge in [-0.25, -0.2) is 0 Å². The number of nitrogens with one attached hydrogen (secondary N) is 1. The molecule has 0 aliphatic rings. The van der Waals surface area contributed by atoms with Crippen molar-refractivity contribution in [3.8, 4) is 5.75 Å². The number of hydrazone groups is 1. The van der Waals surface area contributed by atoms with Crippen molar-refractivity contribution in [2.75, 3.05) is 0 Å². The van der Waals surface area contributed by atoms with Crippen molar-refractivity contribution < 1.29 is 4.74 Å². The van der Waals surface area contributed by atoms with E-state index in [0.717, 1.165) is 27.5 Å². The Labute approximate surface area is 172 Å². The molecule has 0 heterocycles. The summed E-state index contributed by atoms with van der Waals surface area (Å²) in [7, 11) is 0. The minimum absolute atomic E-state index is 0.528. The summed E-state index contributed by atoms with van der Waals surface area (Å²) >= 11 is 8.18. The Morgan fingerprint density at radius 2 is 1.62 bits per heavy atom. The Morgan fingerprint density at radius 1 is 0.923 bits per heavy atom. The SMILES string of the molecule is Clc1ccc(CN/N=C\c2ccccc2OCc2ccc(I)cc2)cc1. The highest BCUT2D eigenvalue weighted by Gasteiger charge is 2.01. The van der Waals surface area contributed by atoms with Crippen LogP contribution < -0.4 is 10.2 Å². The third kappa shape index (κ3) is 5.75. The van der Waals surface area contributed by atoms with Gasteiger partial charge in [0.1, 0.15) is 12.4 Å². The minimum atomic E-state index is 0.528. The topological polar surface area (TPSA) is 33.6 Å². The molecule has 0 spiro atoms. The zero-order valence-corrected chi connectivity index (χ0v) is 16.9. The normalized spacial score (nSPS) is 10.8. The van der Waals surface area contributed by atoms with Gasteiger partial charge >= 0.3 is 0 Å². The second-order valence-corrected chi connectivity index (χ2v) is 7.35. The maximum absolute atomic E-state index is 5.96. The number of rotatable bonds is 7. The van der Waals surface area contributed by atoms with Crippen LogP contribution in [0.15, 0.2) is 77.9 Å². The van der Waals surface area contributed by atoms with Gasteiger partial charge in [0.15, 0.2) is 0 Å². The summed E-state index contributed by atoms with van der Waals surface area (Å²) in [5, 5.41) is 5.03. The zero-order valence-electron chi connectivity index (χ0n) is 14.0. The number of hydrogen-bond donors (Lipinski definition) is 1. The van der Waals surface area contributed by atoms with Crippen LogP contribution in [0.4, 0.5) is 0 Å². The molecule has 3 rings (SSSR count). The van der Waals surface area contributed by atoms with Crippen molar-refractivity contribution in [3.05, 3.63) is 98.1 Å². The summed E-state index contributed by atoms with van der Waals surface area (Å²) in [6, 6.07) is 23.9. The van der Waals surface area contributed by atoms with Crippen molar-refractivity contribution in [2.45, 2.75) is 13.2 Å². The highest BCUT2D eigenvalue weighted by atomic mass is 127. The summed E-state index contributed by atoms with van der Waals surface area (Å²) in [6.45, 7) is 1.17. The first-order chi connectivity index (χ1) is 12.7. The first-order valence-electron chi connectivity index (χ1n) is 8.17. The van der Waals surface area contributed by atoms with Crippen LogP contribution in [0.3, 0.4) is 0 Å². The van der Waals surface area contributed by atoms with Gasteiger partial charge in [-0.15, -0.1) is 0 Å². The summed E-state index contributed by atoms with van der Waals surface area (Å²) in [4.78, 5) is 0. The highest BCUT2D eigenvalue weighted by molar-refractivity contribution is 14.1. The van der Waals surface area contributed by atoms with E-state index in [2.05, 4.69) is 57.4 Å². The molecular weight excluding hydrogens is 459 g/mol. The Hall–Kier alpha value is -2.05. The molecule has 3 aromatic carbocycles. The van der Waals surface area contributed by atoms with Gasteiger partial charge in [0, 0.05) is 14.2 Å². The van der Waals surface area contributed by atoms with Crippen LogP contribution in [0.25, 0.3) is 0 Å². The van der Waals surface area contributed by atoms with Crippen LogP contribution in [-0.4, -0.2) is 6.21 Å². The van der Waals surface area contributed by atoms with Crippen LogP contribution >= 0.6 is 34.2 Å². The van der Waals surface area contributed by atoms with E-state index in [1.165, 1.54) is 3.57 Å². The lowest BCUT2D eigenvalue weighted by atomic mass is 10.2. The minimum Gasteiger partial charge on any atom is -0.488 e. The molecule has 0 fully saturated rings. The summed E-state index contributed by atoms with van der Waals surface area (Å²) in [5.74, 6) is 0.808. The molecule has 0 aliphatic carbocycles. The van der Waals surface area contributed by atoms with Gasteiger partial charge in [0.2, 0.25) is 0 Å². The standard InChI is InChI=1S/C21H18ClIN2O/c22-19-9-5-16(6-10-19)13-24-25-14-18-3-1-2-4-21(18)26-15-17-7-11-20(23)12-8-17/h1-12,14,24H,13,15H2/b25-14-. The molecule has 0 aromatic heterocycles. The van der Waals surface area contributed by atoms with Gasteiger partial charge < -0.3 is 10.2 Å². The first kappa shape index (κ1) is 18.7. The molecule has 0 bridgehead atoms. The lowest BCUT2D eigenvalue weighted by Gasteiger charge is -2.09. The van der Waals surface area contributed by atoms with E-state index in [9.17, 15) is 0 Å². The third-order valence-electron chi connectivity index (χ3n) is 3.72. The third-order valence-corrected chi connectivity index (χ3v) is 4.69. The van der Waals surface area contributed by atoms with Crippen molar-refractivity contribution in [2.24, 2.45) is 5.10 Å². The van der Waals surface area contributed by atoms with Gasteiger partial charge in [-0.05, 0) is 70.1 Å².